The summed E-state index contributed by atoms with van der Waals surface area (Å²) < 4.78 is 0. The third-order valence-corrected chi connectivity index (χ3v) is 4.56. The Hall–Kier alpha value is -1.17. The van der Waals surface area contributed by atoms with E-state index < -0.39 is 0 Å². The van der Waals surface area contributed by atoms with E-state index in [0.29, 0.717) is 18.4 Å². The lowest BCUT2D eigenvalue weighted by Gasteiger charge is -2.31. The lowest BCUT2D eigenvalue weighted by Crippen LogP contribution is -2.44. The van der Waals surface area contributed by atoms with Crippen LogP contribution in [0.1, 0.15) is 49.5 Å². The third kappa shape index (κ3) is 3.91. The molecule has 1 saturated heterocycles. The Bertz CT molecular complexity index is 446. The standard InChI is InChI=1S/C14H24N4OS/c1-4-15-14(19)18-7-5-6-11(9-18)13-17-16-12(20-13)8-10(2)3/h10-11H,4-9H2,1-3H3,(H,15,19). The number of hydrogen-bond donors (Lipinski definition) is 1. The number of urea groups is 1. The number of piperidine rings is 1. The molecule has 112 valence electrons. The average molecular weight is 296 g/mol. The first-order valence-corrected chi connectivity index (χ1v) is 8.26. The number of aromatic nitrogens is 2. The molecule has 1 aliphatic heterocycles. The predicted octanol–water partition coefficient (Wildman–Crippen LogP) is 2.65. The van der Waals surface area contributed by atoms with E-state index in [9.17, 15) is 4.79 Å². The summed E-state index contributed by atoms with van der Waals surface area (Å²) in [7, 11) is 0. The molecular formula is C14H24N4OS. The molecule has 0 aliphatic carbocycles. The lowest BCUT2D eigenvalue weighted by atomic mass is 9.99. The van der Waals surface area contributed by atoms with Crippen LogP contribution in [-0.4, -0.2) is 40.8 Å². The summed E-state index contributed by atoms with van der Waals surface area (Å²) in [5.74, 6) is 0.957. The van der Waals surface area contributed by atoms with Crippen molar-refractivity contribution in [2.75, 3.05) is 19.6 Å². The van der Waals surface area contributed by atoms with Crippen LogP contribution in [0, 0.1) is 5.92 Å². The van der Waals surface area contributed by atoms with Crippen molar-refractivity contribution in [3.05, 3.63) is 10.0 Å². The molecule has 1 atom stereocenters. The Morgan fingerprint density at radius 3 is 3.00 bits per heavy atom. The normalized spacial score (nSPS) is 19.4. The second-order valence-corrected chi connectivity index (χ2v) is 6.85. The number of likely N-dealkylation sites (tertiary alicyclic amines) is 1. The Balaban J connectivity index is 1.98. The monoisotopic (exact) mass is 296 g/mol. The molecule has 2 rings (SSSR count). The molecule has 0 aromatic carbocycles. The molecule has 0 saturated carbocycles. The van der Waals surface area contributed by atoms with Crippen molar-refractivity contribution in [1.29, 1.82) is 0 Å². The first-order valence-electron chi connectivity index (χ1n) is 7.45. The van der Waals surface area contributed by atoms with E-state index in [-0.39, 0.29) is 6.03 Å². The van der Waals surface area contributed by atoms with Crippen LogP contribution in [0.25, 0.3) is 0 Å². The second kappa shape index (κ2) is 7.02. The molecular weight excluding hydrogens is 272 g/mol. The van der Waals surface area contributed by atoms with Gasteiger partial charge in [0.1, 0.15) is 10.0 Å². The van der Waals surface area contributed by atoms with Crippen molar-refractivity contribution in [1.82, 2.24) is 20.4 Å². The molecule has 1 unspecified atom stereocenters. The number of nitrogens with zero attached hydrogens (tertiary/aromatic N) is 3. The molecule has 2 amide bonds. The van der Waals surface area contributed by atoms with Crippen molar-refractivity contribution in [2.45, 2.75) is 46.0 Å². The largest absolute Gasteiger partial charge is 0.338 e. The van der Waals surface area contributed by atoms with Gasteiger partial charge in [-0.3, -0.25) is 0 Å². The minimum atomic E-state index is 0.0455. The number of nitrogens with one attached hydrogen (secondary N) is 1. The number of rotatable bonds is 4. The Morgan fingerprint density at radius 2 is 2.30 bits per heavy atom. The highest BCUT2D eigenvalue weighted by Gasteiger charge is 2.26. The van der Waals surface area contributed by atoms with Crippen molar-refractivity contribution in [3.63, 3.8) is 0 Å². The molecule has 2 heterocycles. The maximum Gasteiger partial charge on any atom is 0.317 e. The summed E-state index contributed by atoms with van der Waals surface area (Å²) in [6, 6.07) is 0.0455. The van der Waals surface area contributed by atoms with Crippen LogP contribution in [-0.2, 0) is 6.42 Å². The Kier molecular flexibility index (Phi) is 5.34. The molecule has 1 aromatic heterocycles. The maximum atomic E-state index is 11.9. The van der Waals surface area contributed by atoms with Gasteiger partial charge in [0.25, 0.3) is 0 Å². The van der Waals surface area contributed by atoms with E-state index in [2.05, 4.69) is 29.4 Å². The van der Waals surface area contributed by atoms with E-state index >= 15 is 0 Å². The maximum absolute atomic E-state index is 11.9. The van der Waals surface area contributed by atoms with Crippen molar-refractivity contribution < 1.29 is 4.79 Å². The smallest absolute Gasteiger partial charge is 0.317 e. The number of amides is 2. The first kappa shape index (κ1) is 15.2. The molecule has 1 N–H and O–H groups in total. The fourth-order valence-electron chi connectivity index (χ4n) is 2.49. The molecule has 0 spiro atoms. The van der Waals surface area contributed by atoms with Crippen LogP contribution in [0.15, 0.2) is 0 Å². The van der Waals surface area contributed by atoms with Gasteiger partial charge >= 0.3 is 6.03 Å². The van der Waals surface area contributed by atoms with Gasteiger partial charge in [0.05, 0.1) is 0 Å². The zero-order valence-electron chi connectivity index (χ0n) is 12.6. The Morgan fingerprint density at radius 1 is 1.50 bits per heavy atom. The van der Waals surface area contributed by atoms with Gasteiger partial charge in [-0.1, -0.05) is 13.8 Å². The van der Waals surface area contributed by atoms with Gasteiger partial charge in [0, 0.05) is 32.0 Å². The van der Waals surface area contributed by atoms with Crippen molar-refractivity contribution in [3.8, 4) is 0 Å². The molecule has 5 nitrogen and oxygen atoms in total. The number of carbonyl (C=O) groups is 1. The summed E-state index contributed by atoms with van der Waals surface area (Å²) in [6.07, 6.45) is 3.14. The second-order valence-electron chi connectivity index (χ2n) is 5.75. The molecule has 1 aromatic rings. The van der Waals surface area contributed by atoms with Gasteiger partial charge in [-0.05, 0) is 25.7 Å². The summed E-state index contributed by atoms with van der Waals surface area (Å²) in [5, 5.41) is 13.7. The van der Waals surface area contributed by atoms with Crippen LogP contribution in [0.2, 0.25) is 0 Å². The number of hydrogen-bond acceptors (Lipinski definition) is 4. The van der Waals surface area contributed by atoms with Gasteiger partial charge in [-0.15, -0.1) is 21.5 Å². The SMILES string of the molecule is CCNC(=O)N1CCCC(c2nnc(CC(C)C)s2)C1. The predicted molar refractivity (Wildman–Crippen MR) is 81.1 cm³/mol. The summed E-state index contributed by atoms with van der Waals surface area (Å²) in [6.45, 7) is 8.62. The highest BCUT2D eigenvalue weighted by molar-refractivity contribution is 7.11. The summed E-state index contributed by atoms with van der Waals surface area (Å²) in [4.78, 5) is 13.8. The molecule has 6 heteroatoms. The fraction of sp³-hybridized carbons (Fsp3) is 0.786. The van der Waals surface area contributed by atoms with E-state index in [1.54, 1.807) is 11.3 Å². The van der Waals surface area contributed by atoms with E-state index in [1.165, 1.54) is 0 Å². The van der Waals surface area contributed by atoms with Crippen LogP contribution in [0.5, 0.6) is 0 Å². The van der Waals surface area contributed by atoms with Crippen LogP contribution in [0.3, 0.4) is 0 Å². The number of carbonyl (C=O) groups excluding carboxylic acids is 1. The van der Waals surface area contributed by atoms with Gasteiger partial charge in [-0.2, -0.15) is 0 Å². The highest BCUT2D eigenvalue weighted by Crippen LogP contribution is 2.29. The van der Waals surface area contributed by atoms with Gasteiger partial charge in [0.15, 0.2) is 0 Å². The van der Waals surface area contributed by atoms with Crippen molar-refractivity contribution in [2.24, 2.45) is 5.92 Å². The Labute approximate surface area is 124 Å². The minimum Gasteiger partial charge on any atom is -0.338 e. The molecule has 1 aliphatic rings. The average Bonchev–Trinajstić information content (AvgIpc) is 2.87. The van der Waals surface area contributed by atoms with Gasteiger partial charge in [0.2, 0.25) is 0 Å². The zero-order chi connectivity index (χ0) is 14.5. The summed E-state index contributed by atoms with van der Waals surface area (Å²) >= 11 is 1.71. The van der Waals surface area contributed by atoms with Gasteiger partial charge < -0.3 is 10.2 Å². The first-order chi connectivity index (χ1) is 9.60. The van der Waals surface area contributed by atoms with Crippen LogP contribution >= 0.6 is 11.3 Å². The van der Waals surface area contributed by atoms with E-state index in [1.807, 2.05) is 11.8 Å². The fourth-order valence-corrected chi connectivity index (χ4v) is 3.67. The quantitative estimate of drug-likeness (QED) is 0.929. The molecule has 0 radical (unpaired) electrons. The lowest BCUT2D eigenvalue weighted by molar-refractivity contribution is 0.180. The molecule has 1 fully saturated rings. The van der Waals surface area contributed by atoms with E-state index in [4.69, 9.17) is 0 Å². The zero-order valence-corrected chi connectivity index (χ0v) is 13.4. The van der Waals surface area contributed by atoms with Crippen LogP contribution in [0.4, 0.5) is 4.79 Å². The molecule has 0 bridgehead atoms. The van der Waals surface area contributed by atoms with Crippen molar-refractivity contribution >= 4 is 17.4 Å². The summed E-state index contributed by atoms with van der Waals surface area (Å²) in [5.41, 5.74) is 0. The van der Waals surface area contributed by atoms with Gasteiger partial charge in [-0.25, -0.2) is 4.79 Å². The van der Waals surface area contributed by atoms with Crippen LogP contribution < -0.4 is 5.32 Å². The topological polar surface area (TPSA) is 58.1 Å². The highest BCUT2D eigenvalue weighted by atomic mass is 32.1. The van der Waals surface area contributed by atoms with E-state index in [0.717, 1.165) is 42.4 Å². The third-order valence-electron chi connectivity index (χ3n) is 3.45. The minimum absolute atomic E-state index is 0.0455. The molecule has 20 heavy (non-hydrogen) atoms.